The lowest BCUT2D eigenvalue weighted by molar-refractivity contribution is -0.139. The molecule has 1 N–H and O–H groups in total. The van der Waals surface area contributed by atoms with E-state index in [1.165, 1.54) is 0 Å². The van der Waals surface area contributed by atoms with Gasteiger partial charge in [-0.3, -0.25) is 14.5 Å². The molecule has 0 radical (unpaired) electrons. The number of aliphatic carboxylic acids is 1. The number of carboxylic acid groups (broad SMARTS) is 1. The highest BCUT2D eigenvalue weighted by molar-refractivity contribution is 6.31. The highest BCUT2D eigenvalue weighted by Crippen LogP contribution is 2.23. The number of aryl methyl sites for hydroxylation is 1. The average Bonchev–Trinajstić information content (AvgIpc) is 2.78. The Balaban J connectivity index is 1.80. The summed E-state index contributed by atoms with van der Waals surface area (Å²) in [5.74, 6) is -0.807. The second-order valence-corrected chi connectivity index (χ2v) is 6.96. The quantitative estimate of drug-likeness (QED) is 0.892. The van der Waals surface area contributed by atoms with Crippen LogP contribution in [0.1, 0.15) is 15.9 Å². The molecule has 1 amide bonds. The summed E-state index contributed by atoms with van der Waals surface area (Å²) in [4.78, 5) is 27.7. The van der Waals surface area contributed by atoms with Gasteiger partial charge in [-0.25, -0.2) is 0 Å². The van der Waals surface area contributed by atoms with Gasteiger partial charge in [0.05, 0.1) is 25.8 Å². The smallest absolute Gasteiger partial charge is 0.317 e. The highest BCUT2D eigenvalue weighted by atomic mass is 35.5. The fourth-order valence-electron chi connectivity index (χ4n) is 3.37. The van der Waals surface area contributed by atoms with Crippen molar-refractivity contribution in [1.29, 1.82) is 0 Å². The summed E-state index contributed by atoms with van der Waals surface area (Å²) in [6.07, 6.45) is 0. The minimum Gasteiger partial charge on any atom is -0.480 e. The maximum atomic E-state index is 12.9. The van der Waals surface area contributed by atoms with E-state index >= 15 is 0 Å². The fraction of sp³-hybridized carbons (Fsp3) is 0.529. The molecular formula is C17H21ClN2O4. The normalized spacial score (nSPS) is 24.5. The molecule has 0 aliphatic carbocycles. The van der Waals surface area contributed by atoms with E-state index in [2.05, 4.69) is 0 Å². The molecule has 2 saturated heterocycles. The number of fused-ring (bicyclic) bond motifs is 3. The Labute approximate surface area is 145 Å². The van der Waals surface area contributed by atoms with Gasteiger partial charge in [-0.1, -0.05) is 17.7 Å². The predicted molar refractivity (Wildman–Crippen MR) is 89.4 cm³/mol. The maximum Gasteiger partial charge on any atom is 0.317 e. The van der Waals surface area contributed by atoms with E-state index in [0.717, 1.165) is 5.56 Å². The van der Waals surface area contributed by atoms with Crippen LogP contribution in [0.5, 0.6) is 0 Å². The van der Waals surface area contributed by atoms with Crippen LogP contribution in [0.4, 0.5) is 0 Å². The lowest BCUT2D eigenvalue weighted by Crippen LogP contribution is -2.47. The van der Waals surface area contributed by atoms with Crippen molar-refractivity contribution in [3.63, 3.8) is 0 Å². The third-order valence-electron chi connectivity index (χ3n) is 4.63. The van der Waals surface area contributed by atoms with Gasteiger partial charge in [0.15, 0.2) is 0 Å². The molecule has 2 aliphatic heterocycles. The molecule has 24 heavy (non-hydrogen) atoms. The molecule has 0 spiro atoms. The summed E-state index contributed by atoms with van der Waals surface area (Å²) in [5, 5.41) is 9.69. The van der Waals surface area contributed by atoms with Crippen LogP contribution < -0.4 is 0 Å². The zero-order valence-electron chi connectivity index (χ0n) is 13.6. The molecule has 6 nitrogen and oxygen atoms in total. The Morgan fingerprint density at radius 3 is 2.79 bits per heavy atom. The van der Waals surface area contributed by atoms with Crippen LogP contribution in [0.3, 0.4) is 0 Å². The van der Waals surface area contributed by atoms with Crippen molar-refractivity contribution >= 4 is 23.5 Å². The third-order valence-corrected chi connectivity index (χ3v) is 5.03. The van der Waals surface area contributed by atoms with Crippen LogP contribution in [0.15, 0.2) is 18.2 Å². The van der Waals surface area contributed by atoms with Crippen LogP contribution in [0, 0.1) is 12.8 Å². The number of amides is 1. The first-order valence-corrected chi connectivity index (χ1v) is 8.41. The van der Waals surface area contributed by atoms with Gasteiger partial charge in [0.25, 0.3) is 5.91 Å². The SMILES string of the molecule is Cc1ccc(C(=O)N2C[C@@H]3COC[C@H](C2)N(CC(=O)O)C3)cc1Cl. The molecule has 0 unspecified atom stereocenters. The predicted octanol–water partition coefficient (Wildman–Crippen LogP) is 1.51. The largest absolute Gasteiger partial charge is 0.480 e. The number of ether oxygens (including phenoxy) is 1. The first-order chi connectivity index (χ1) is 11.4. The molecule has 2 bridgehead atoms. The van der Waals surface area contributed by atoms with E-state index in [-0.39, 0.29) is 24.4 Å². The van der Waals surface area contributed by atoms with Crippen LogP contribution in [-0.2, 0) is 9.53 Å². The zero-order chi connectivity index (χ0) is 17.3. The number of rotatable bonds is 3. The first kappa shape index (κ1) is 17.2. The number of carboxylic acids is 1. The summed E-state index contributed by atoms with van der Waals surface area (Å²) in [6, 6.07) is 5.23. The summed E-state index contributed by atoms with van der Waals surface area (Å²) in [7, 11) is 0. The number of carbonyl (C=O) groups is 2. The Kier molecular flexibility index (Phi) is 5.08. The first-order valence-electron chi connectivity index (χ1n) is 8.03. The number of halogens is 1. The fourth-order valence-corrected chi connectivity index (χ4v) is 3.55. The lowest BCUT2D eigenvalue weighted by Gasteiger charge is -2.30. The molecule has 3 rings (SSSR count). The van der Waals surface area contributed by atoms with Gasteiger partial charge < -0.3 is 14.7 Å². The minimum atomic E-state index is -0.856. The molecule has 2 aliphatic rings. The van der Waals surface area contributed by atoms with E-state index in [1.807, 2.05) is 17.9 Å². The number of nitrogens with zero attached hydrogens (tertiary/aromatic N) is 2. The second kappa shape index (κ2) is 7.09. The molecular weight excluding hydrogens is 332 g/mol. The second-order valence-electron chi connectivity index (χ2n) is 6.55. The number of benzene rings is 1. The van der Waals surface area contributed by atoms with Crippen molar-refractivity contribution < 1.29 is 19.4 Å². The van der Waals surface area contributed by atoms with Crippen molar-refractivity contribution in [3.05, 3.63) is 34.3 Å². The van der Waals surface area contributed by atoms with E-state index in [1.54, 1.807) is 17.0 Å². The Hall–Kier alpha value is -1.63. The molecule has 0 aromatic heterocycles. The summed E-state index contributed by atoms with van der Waals surface area (Å²) >= 11 is 6.14. The molecule has 130 valence electrons. The van der Waals surface area contributed by atoms with E-state index in [4.69, 9.17) is 21.4 Å². The van der Waals surface area contributed by atoms with Gasteiger partial charge in [0.2, 0.25) is 0 Å². The monoisotopic (exact) mass is 352 g/mol. The van der Waals surface area contributed by atoms with Crippen molar-refractivity contribution in [2.45, 2.75) is 13.0 Å². The third kappa shape index (κ3) is 3.71. The number of hydrogen-bond donors (Lipinski definition) is 1. The van der Waals surface area contributed by atoms with E-state index in [0.29, 0.717) is 43.4 Å². The van der Waals surface area contributed by atoms with Gasteiger partial charge in [-0.15, -0.1) is 0 Å². The summed E-state index contributed by atoms with van der Waals surface area (Å²) in [6.45, 7) is 4.53. The van der Waals surface area contributed by atoms with Crippen LogP contribution >= 0.6 is 11.6 Å². The van der Waals surface area contributed by atoms with Gasteiger partial charge in [-0.2, -0.15) is 0 Å². The average molecular weight is 353 g/mol. The molecule has 1 aromatic rings. The highest BCUT2D eigenvalue weighted by Gasteiger charge is 2.36. The Bertz CT molecular complexity index is 651. The van der Waals surface area contributed by atoms with Gasteiger partial charge in [0, 0.05) is 36.1 Å². The van der Waals surface area contributed by atoms with Crippen molar-refractivity contribution in [3.8, 4) is 0 Å². The van der Waals surface area contributed by atoms with Gasteiger partial charge >= 0.3 is 5.97 Å². The van der Waals surface area contributed by atoms with E-state index in [9.17, 15) is 9.59 Å². The van der Waals surface area contributed by atoms with Crippen LogP contribution in [-0.4, -0.2) is 72.2 Å². The van der Waals surface area contributed by atoms with Crippen LogP contribution in [0.25, 0.3) is 0 Å². The summed E-state index contributed by atoms with van der Waals surface area (Å²) in [5.41, 5.74) is 1.50. The van der Waals surface area contributed by atoms with Crippen LogP contribution in [0.2, 0.25) is 5.02 Å². The minimum absolute atomic E-state index is 0.0249. The zero-order valence-corrected chi connectivity index (χ0v) is 14.3. The van der Waals surface area contributed by atoms with Crippen molar-refractivity contribution in [2.24, 2.45) is 5.92 Å². The summed E-state index contributed by atoms with van der Waals surface area (Å²) < 4.78 is 5.65. The standard InChI is InChI=1S/C17H21ClN2O4/c1-11-2-3-13(4-15(11)18)17(23)20-6-12-5-19(8-16(21)22)14(7-20)10-24-9-12/h2-4,12,14H,5-10H2,1H3,(H,21,22)/t12-,14+/m1/s1. The molecule has 0 saturated carbocycles. The van der Waals surface area contributed by atoms with Crippen molar-refractivity contribution in [2.75, 3.05) is 39.4 Å². The molecule has 1 aromatic carbocycles. The number of carbonyl (C=O) groups excluding carboxylic acids is 1. The molecule has 2 heterocycles. The van der Waals surface area contributed by atoms with Crippen molar-refractivity contribution in [1.82, 2.24) is 9.80 Å². The Morgan fingerprint density at radius 1 is 1.29 bits per heavy atom. The van der Waals surface area contributed by atoms with Gasteiger partial charge in [0.1, 0.15) is 0 Å². The molecule has 2 atom stereocenters. The number of hydrogen-bond acceptors (Lipinski definition) is 4. The molecule has 2 fully saturated rings. The van der Waals surface area contributed by atoms with E-state index < -0.39 is 5.97 Å². The maximum absolute atomic E-state index is 12.9. The van der Waals surface area contributed by atoms with Gasteiger partial charge in [-0.05, 0) is 24.6 Å². The Morgan fingerprint density at radius 2 is 2.08 bits per heavy atom. The molecule has 7 heteroatoms. The topological polar surface area (TPSA) is 70.1 Å². The lowest BCUT2D eigenvalue weighted by atomic mass is 10.1.